The largest absolute Gasteiger partial charge is 1.00 e. The topological polar surface area (TPSA) is 50.1 Å². The van der Waals surface area contributed by atoms with Crippen molar-refractivity contribution >= 4 is 6.09 Å². The molecule has 0 unspecified atom stereocenters. The summed E-state index contributed by atoms with van der Waals surface area (Å²) in [7, 11) is 1.16. The molecule has 0 saturated carbocycles. The van der Waals surface area contributed by atoms with Gasteiger partial charge in [0.2, 0.25) is 6.09 Å². The van der Waals surface area contributed by atoms with E-state index in [4.69, 9.17) is 5.73 Å². The molecule has 0 saturated heterocycles. The Bertz CT molecular complexity index is 46.8. The van der Waals surface area contributed by atoms with Gasteiger partial charge >= 0.3 is 51.4 Å². The summed E-state index contributed by atoms with van der Waals surface area (Å²) in [6.45, 7) is 0. The van der Waals surface area contributed by atoms with Gasteiger partial charge in [-0.05, 0) is 0 Å². The van der Waals surface area contributed by atoms with Gasteiger partial charge in [0, 0.05) is 0 Å². The van der Waals surface area contributed by atoms with Crippen molar-refractivity contribution in [3.8, 4) is 0 Å². The molecule has 0 aromatic rings. The van der Waals surface area contributed by atoms with Crippen molar-refractivity contribution in [3.05, 3.63) is 5.73 Å². The molecular weight excluding hydrogens is 109 g/mol. The predicted octanol–water partition coefficient (Wildman–Crippen LogP) is -2.19. The number of rotatable bonds is 0. The van der Waals surface area contributed by atoms with Gasteiger partial charge < -0.3 is 10.5 Å². The summed E-state index contributed by atoms with van der Waals surface area (Å²) in [5.41, 5.74) is 5.97. The number of amides is 1. The molecule has 0 rings (SSSR count). The molecular formula is C2H4KNO2. The number of methoxy groups -OCH3 is 1. The average molecular weight is 113 g/mol. The number of nitrogens with one attached hydrogen (secondary N) is 1. The maximum Gasteiger partial charge on any atom is 1.00 e. The monoisotopic (exact) mass is 113 g/mol. The maximum atomic E-state index is 9.26. The second-order valence-electron chi connectivity index (χ2n) is 0.492. The Hall–Kier alpha value is 0.906. The van der Waals surface area contributed by atoms with E-state index in [0.717, 1.165) is 7.11 Å². The van der Waals surface area contributed by atoms with Gasteiger partial charge in [-0.1, -0.05) is 0 Å². The first-order chi connectivity index (χ1) is 2.27. The van der Waals surface area contributed by atoms with Crippen molar-refractivity contribution in [1.82, 2.24) is 0 Å². The summed E-state index contributed by atoms with van der Waals surface area (Å²) >= 11 is 0. The minimum atomic E-state index is -0.995. The van der Waals surface area contributed by atoms with Crippen LogP contribution in [0.4, 0.5) is 4.79 Å². The van der Waals surface area contributed by atoms with Crippen LogP contribution in [0.3, 0.4) is 0 Å². The fourth-order valence-corrected chi connectivity index (χ4v) is 0. The van der Waals surface area contributed by atoms with E-state index in [1.54, 1.807) is 0 Å². The average Bonchev–Trinajstić information content (AvgIpc) is 1.38. The molecule has 0 aliphatic rings. The molecule has 0 radical (unpaired) electrons. The Balaban J connectivity index is 0. The zero-order valence-electron chi connectivity index (χ0n) is 3.82. The molecule has 1 amide bonds. The van der Waals surface area contributed by atoms with Crippen LogP contribution < -0.4 is 51.4 Å². The molecule has 0 aliphatic carbocycles. The first-order valence-corrected chi connectivity index (χ1v) is 1.07. The Kier molecular flexibility index (Phi) is 9.85. The quantitative estimate of drug-likeness (QED) is 0.335. The molecule has 0 bridgehead atoms. The Morgan fingerprint density at radius 1 is 1.83 bits per heavy atom. The van der Waals surface area contributed by atoms with Crippen LogP contribution in [0.1, 0.15) is 0 Å². The van der Waals surface area contributed by atoms with Crippen LogP contribution >= 0.6 is 0 Å². The number of hydrogen-bond acceptors (Lipinski definition) is 2. The molecule has 0 spiro atoms. The van der Waals surface area contributed by atoms with E-state index < -0.39 is 6.09 Å². The zero-order chi connectivity index (χ0) is 4.28. The van der Waals surface area contributed by atoms with Crippen molar-refractivity contribution in [2.75, 3.05) is 7.11 Å². The summed E-state index contributed by atoms with van der Waals surface area (Å²) in [5, 5.41) is 0. The third-order valence-electron chi connectivity index (χ3n) is 0.185. The molecule has 6 heavy (non-hydrogen) atoms. The van der Waals surface area contributed by atoms with Gasteiger partial charge in [0.05, 0.1) is 7.11 Å². The Morgan fingerprint density at radius 2 is 2.00 bits per heavy atom. The third kappa shape index (κ3) is 8.86. The normalized spacial score (nSPS) is 5.50. The van der Waals surface area contributed by atoms with Crippen LogP contribution in [0.2, 0.25) is 0 Å². The van der Waals surface area contributed by atoms with Gasteiger partial charge in [0.25, 0.3) is 0 Å². The molecule has 0 aromatic carbocycles. The molecule has 4 heteroatoms. The molecule has 30 valence electrons. The molecule has 1 N–H and O–H groups in total. The second kappa shape index (κ2) is 5.91. The summed E-state index contributed by atoms with van der Waals surface area (Å²) in [4.78, 5) is 9.26. The van der Waals surface area contributed by atoms with Crippen molar-refractivity contribution in [1.29, 1.82) is 0 Å². The Morgan fingerprint density at radius 3 is 2.00 bits per heavy atom. The smallest absolute Gasteiger partial charge is 0.632 e. The van der Waals surface area contributed by atoms with Crippen LogP contribution in [0.25, 0.3) is 5.73 Å². The van der Waals surface area contributed by atoms with Crippen molar-refractivity contribution in [3.63, 3.8) is 0 Å². The van der Waals surface area contributed by atoms with E-state index in [9.17, 15) is 4.79 Å². The van der Waals surface area contributed by atoms with Crippen molar-refractivity contribution in [2.45, 2.75) is 0 Å². The zero-order valence-corrected chi connectivity index (χ0v) is 6.94. The number of carbonyl (C=O) groups excluding carboxylic acids is 1. The molecule has 0 aliphatic heterocycles. The van der Waals surface area contributed by atoms with E-state index in [1.807, 2.05) is 0 Å². The molecule has 0 fully saturated rings. The van der Waals surface area contributed by atoms with Crippen LogP contribution in [0, 0.1) is 0 Å². The maximum absolute atomic E-state index is 9.26. The number of ether oxygens (including phenoxy) is 1. The molecule has 0 atom stereocenters. The molecule has 0 heterocycles. The first-order valence-electron chi connectivity index (χ1n) is 1.07. The van der Waals surface area contributed by atoms with Crippen LogP contribution in [-0.2, 0) is 4.74 Å². The van der Waals surface area contributed by atoms with E-state index in [0.29, 0.717) is 0 Å². The number of carbonyl (C=O) groups is 1. The fraction of sp³-hybridized carbons (Fsp3) is 0.500. The van der Waals surface area contributed by atoms with Crippen LogP contribution in [0.5, 0.6) is 0 Å². The third-order valence-corrected chi connectivity index (χ3v) is 0.185. The standard InChI is InChI=1S/C2H5NO2.K/c1-5-2(3)4;/h1H3,(H2,3,4);/q;+1/p-1. The fourth-order valence-electron chi connectivity index (χ4n) is 0. The van der Waals surface area contributed by atoms with E-state index in [1.165, 1.54) is 0 Å². The van der Waals surface area contributed by atoms with E-state index in [-0.39, 0.29) is 51.4 Å². The van der Waals surface area contributed by atoms with Gasteiger partial charge in [0.15, 0.2) is 0 Å². The number of hydrogen-bond donors (Lipinski definition) is 0. The van der Waals surface area contributed by atoms with E-state index in [2.05, 4.69) is 4.74 Å². The first kappa shape index (κ1) is 10.0. The summed E-state index contributed by atoms with van der Waals surface area (Å²) in [6, 6.07) is 0. The van der Waals surface area contributed by atoms with Crippen LogP contribution in [-0.4, -0.2) is 13.2 Å². The minimum Gasteiger partial charge on any atom is -0.632 e. The summed E-state index contributed by atoms with van der Waals surface area (Å²) in [5.74, 6) is 0. The minimum absolute atomic E-state index is 0. The predicted molar refractivity (Wildman–Crippen MR) is 16.7 cm³/mol. The Labute approximate surface area is 78.6 Å². The van der Waals surface area contributed by atoms with Gasteiger partial charge in [-0.2, -0.15) is 0 Å². The summed E-state index contributed by atoms with van der Waals surface area (Å²) < 4.78 is 3.78. The molecule has 3 nitrogen and oxygen atoms in total. The summed E-state index contributed by atoms with van der Waals surface area (Å²) in [6.07, 6.45) is -0.995. The van der Waals surface area contributed by atoms with Crippen molar-refractivity contribution < 1.29 is 60.9 Å². The second-order valence-corrected chi connectivity index (χ2v) is 0.492. The van der Waals surface area contributed by atoms with Gasteiger partial charge in [-0.15, -0.1) is 0 Å². The van der Waals surface area contributed by atoms with Gasteiger partial charge in [0.1, 0.15) is 0 Å². The van der Waals surface area contributed by atoms with Crippen LogP contribution in [0.15, 0.2) is 0 Å². The van der Waals surface area contributed by atoms with Gasteiger partial charge in [-0.3, -0.25) is 4.79 Å². The molecule has 0 aromatic heterocycles. The SMILES string of the molecule is COC([NH-])=O.[K+]. The van der Waals surface area contributed by atoms with Crippen molar-refractivity contribution in [2.24, 2.45) is 0 Å². The van der Waals surface area contributed by atoms with E-state index >= 15 is 0 Å². The van der Waals surface area contributed by atoms with Gasteiger partial charge in [-0.25, -0.2) is 0 Å².